The van der Waals surface area contributed by atoms with E-state index in [1.54, 1.807) is 0 Å². The number of ether oxygens (including phenoxy) is 2. The third kappa shape index (κ3) is 2.82. The lowest BCUT2D eigenvalue weighted by Crippen LogP contribution is -2.28. The van der Waals surface area contributed by atoms with Crippen molar-refractivity contribution in [2.24, 2.45) is 5.92 Å². The summed E-state index contributed by atoms with van der Waals surface area (Å²) in [5, 5.41) is 3.64. The summed E-state index contributed by atoms with van der Waals surface area (Å²) in [7, 11) is 0. The molecule has 0 aliphatic carbocycles. The molecule has 2 aromatic rings. The Morgan fingerprint density at radius 1 is 1.14 bits per heavy atom. The second-order valence-corrected chi connectivity index (χ2v) is 5.38. The molecule has 3 heteroatoms. The highest BCUT2D eigenvalue weighted by atomic mass is 16.5. The average Bonchev–Trinajstić information content (AvgIpc) is 2.52. The van der Waals surface area contributed by atoms with Crippen molar-refractivity contribution in [2.45, 2.75) is 19.9 Å². The fourth-order valence-electron chi connectivity index (χ4n) is 2.75. The van der Waals surface area contributed by atoms with Gasteiger partial charge >= 0.3 is 0 Å². The van der Waals surface area contributed by atoms with Crippen molar-refractivity contribution >= 4 is 5.69 Å². The molecule has 0 aromatic heterocycles. The van der Waals surface area contributed by atoms with Gasteiger partial charge in [0.25, 0.3) is 0 Å². The molecule has 0 saturated carbocycles. The number of rotatable bonds is 4. The second-order valence-electron chi connectivity index (χ2n) is 5.38. The Kier molecular flexibility index (Phi) is 4.00. The molecule has 0 fully saturated rings. The predicted octanol–water partition coefficient (Wildman–Crippen LogP) is 4.27. The molecule has 0 bridgehead atoms. The van der Waals surface area contributed by atoms with Crippen LogP contribution in [0, 0.1) is 5.92 Å². The van der Waals surface area contributed by atoms with Crippen LogP contribution in [0.15, 0.2) is 48.5 Å². The number of fused-ring (bicyclic) bond motifs is 1. The Hall–Kier alpha value is -2.16. The highest BCUT2D eigenvalue weighted by Crippen LogP contribution is 2.39. The maximum atomic E-state index is 5.81. The molecule has 1 heterocycles. The Bertz CT molecular complexity index is 612. The summed E-state index contributed by atoms with van der Waals surface area (Å²) in [5.41, 5.74) is 2.25. The monoisotopic (exact) mass is 283 g/mol. The third-order valence-corrected chi connectivity index (χ3v) is 3.82. The van der Waals surface area contributed by atoms with E-state index in [9.17, 15) is 0 Å². The smallest absolute Gasteiger partial charge is 0.142 e. The maximum absolute atomic E-state index is 5.81. The summed E-state index contributed by atoms with van der Waals surface area (Å²) >= 11 is 0. The number of hydrogen-bond acceptors (Lipinski definition) is 3. The van der Waals surface area contributed by atoms with Crippen LogP contribution < -0.4 is 14.8 Å². The van der Waals surface area contributed by atoms with E-state index in [4.69, 9.17) is 9.47 Å². The van der Waals surface area contributed by atoms with E-state index >= 15 is 0 Å². The Balaban J connectivity index is 1.91. The number of nitrogens with one attached hydrogen (secondary N) is 1. The number of para-hydroxylation sites is 3. The van der Waals surface area contributed by atoms with Crippen molar-refractivity contribution in [3.05, 3.63) is 54.1 Å². The maximum Gasteiger partial charge on any atom is 0.142 e. The Morgan fingerprint density at radius 2 is 1.90 bits per heavy atom. The molecule has 2 aromatic carbocycles. The molecule has 21 heavy (non-hydrogen) atoms. The summed E-state index contributed by atoms with van der Waals surface area (Å²) in [6, 6.07) is 16.6. The van der Waals surface area contributed by atoms with E-state index in [0.717, 1.165) is 23.8 Å². The zero-order valence-corrected chi connectivity index (χ0v) is 12.5. The normalized spacial score (nSPS) is 20.3. The van der Waals surface area contributed by atoms with Gasteiger partial charge in [-0.25, -0.2) is 0 Å². The van der Waals surface area contributed by atoms with Gasteiger partial charge in [0.1, 0.15) is 11.5 Å². The lowest BCUT2D eigenvalue weighted by atomic mass is 9.92. The molecule has 0 saturated heterocycles. The van der Waals surface area contributed by atoms with Crippen LogP contribution in [0.4, 0.5) is 5.69 Å². The van der Waals surface area contributed by atoms with Gasteiger partial charge in [0.05, 0.1) is 24.9 Å². The average molecular weight is 283 g/mol. The summed E-state index contributed by atoms with van der Waals surface area (Å²) in [4.78, 5) is 0. The van der Waals surface area contributed by atoms with Gasteiger partial charge in [0.2, 0.25) is 0 Å². The number of benzene rings is 2. The first-order valence-corrected chi connectivity index (χ1v) is 7.49. The molecule has 2 atom stereocenters. The van der Waals surface area contributed by atoms with Gasteiger partial charge in [-0.1, -0.05) is 37.3 Å². The van der Waals surface area contributed by atoms with Gasteiger partial charge in [-0.15, -0.1) is 0 Å². The van der Waals surface area contributed by atoms with Crippen molar-refractivity contribution in [3.8, 4) is 11.5 Å². The first-order valence-electron chi connectivity index (χ1n) is 7.49. The lowest BCUT2D eigenvalue weighted by molar-refractivity contribution is 0.214. The largest absolute Gasteiger partial charge is 0.493 e. The number of hydrogen-bond donors (Lipinski definition) is 1. The molecule has 1 aliphatic heterocycles. The van der Waals surface area contributed by atoms with Crippen molar-refractivity contribution < 1.29 is 9.47 Å². The van der Waals surface area contributed by atoms with Gasteiger partial charge < -0.3 is 14.8 Å². The molecule has 0 amide bonds. The molecule has 3 rings (SSSR count). The topological polar surface area (TPSA) is 30.5 Å². The molecule has 0 radical (unpaired) electrons. The van der Waals surface area contributed by atoms with Crippen LogP contribution in [0.5, 0.6) is 11.5 Å². The minimum Gasteiger partial charge on any atom is -0.493 e. The van der Waals surface area contributed by atoms with Crippen molar-refractivity contribution in [3.63, 3.8) is 0 Å². The quantitative estimate of drug-likeness (QED) is 0.909. The van der Waals surface area contributed by atoms with E-state index in [0.29, 0.717) is 12.5 Å². The molecular formula is C18H21NO2. The minimum atomic E-state index is 0.233. The first kappa shape index (κ1) is 13.8. The predicted molar refractivity (Wildman–Crippen MR) is 85.1 cm³/mol. The first-order chi connectivity index (χ1) is 10.3. The van der Waals surface area contributed by atoms with Crippen molar-refractivity contribution in [1.29, 1.82) is 0 Å². The fourth-order valence-corrected chi connectivity index (χ4v) is 2.75. The molecule has 1 N–H and O–H groups in total. The van der Waals surface area contributed by atoms with Crippen LogP contribution in [0.25, 0.3) is 0 Å². The molecule has 2 unspecified atom stereocenters. The highest BCUT2D eigenvalue weighted by Gasteiger charge is 2.28. The zero-order valence-electron chi connectivity index (χ0n) is 12.5. The summed E-state index contributed by atoms with van der Waals surface area (Å²) in [6.07, 6.45) is 0. The fraction of sp³-hybridized carbons (Fsp3) is 0.333. The van der Waals surface area contributed by atoms with Crippen LogP contribution in [0.2, 0.25) is 0 Å². The standard InChI is InChI=1S/C18H21NO2/c1-3-20-17-11-7-5-9-15(17)19-18-13(2)12-21-16-10-6-4-8-14(16)18/h4-11,13,18-19H,3,12H2,1-2H3. The van der Waals surface area contributed by atoms with Gasteiger partial charge in [-0.05, 0) is 25.1 Å². The van der Waals surface area contributed by atoms with Crippen LogP contribution in [-0.2, 0) is 0 Å². The van der Waals surface area contributed by atoms with Gasteiger partial charge in [-0.2, -0.15) is 0 Å². The minimum absolute atomic E-state index is 0.233. The highest BCUT2D eigenvalue weighted by molar-refractivity contribution is 5.58. The zero-order chi connectivity index (χ0) is 14.7. The van der Waals surface area contributed by atoms with Crippen LogP contribution in [-0.4, -0.2) is 13.2 Å². The summed E-state index contributed by atoms with van der Waals surface area (Å²) in [5.74, 6) is 2.27. The van der Waals surface area contributed by atoms with Crippen LogP contribution in [0.1, 0.15) is 25.5 Å². The lowest BCUT2D eigenvalue weighted by Gasteiger charge is -2.33. The second kappa shape index (κ2) is 6.08. The van der Waals surface area contributed by atoms with Gasteiger partial charge in [0, 0.05) is 11.5 Å². The van der Waals surface area contributed by atoms with Crippen molar-refractivity contribution in [2.75, 3.05) is 18.5 Å². The van der Waals surface area contributed by atoms with E-state index in [2.05, 4.69) is 30.4 Å². The molecular weight excluding hydrogens is 262 g/mol. The number of anilines is 1. The molecule has 0 spiro atoms. The van der Waals surface area contributed by atoms with Gasteiger partial charge in [0.15, 0.2) is 0 Å². The molecule has 3 nitrogen and oxygen atoms in total. The SMILES string of the molecule is CCOc1ccccc1NC1c2ccccc2OCC1C. The summed E-state index contributed by atoms with van der Waals surface area (Å²) in [6.45, 7) is 5.60. The van der Waals surface area contributed by atoms with Crippen LogP contribution >= 0.6 is 0 Å². The molecule has 110 valence electrons. The van der Waals surface area contributed by atoms with Crippen molar-refractivity contribution in [1.82, 2.24) is 0 Å². The summed E-state index contributed by atoms with van der Waals surface area (Å²) < 4.78 is 11.5. The van der Waals surface area contributed by atoms with Crippen LogP contribution in [0.3, 0.4) is 0 Å². The van der Waals surface area contributed by atoms with E-state index in [1.165, 1.54) is 5.56 Å². The molecule has 1 aliphatic rings. The van der Waals surface area contributed by atoms with E-state index in [1.807, 2.05) is 37.3 Å². The van der Waals surface area contributed by atoms with E-state index in [-0.39, 0.29) is 6.04 Å². The third-order valence-electron chi connectivity index (χ3n) is 3.82. The van der Waals surface area contributed by atoms with E-state index < -0.39 is 0 Å². The Labute approximate surface area is 125 Å². The van der Waals surface area contributed by atoms with Gasteiger partial charge in [-0.3, -0.25) is 0 Å². The Morgan fingerprint density at radius 3 is 2.76 bits per heavy atom.